The van der Waals surface area contributed by atoms with Gasteiger partial charge in [0.25, 0.3) is 0 Å². The van der Waals surface area contributed by atoms with Crippen molar-refractivity contribution in [3.63, 3.8) is 0 Å². The van der Waals surface area contributed by atoms with Crippen LogP contribution in [-0.4, -0.2) is 51.4 Å². The standard InChI is InChI=1S/C18H28F2N4O.HI/c1-13(2)25-10-4-8-22-18(21-3)23-15-7-9-24(12-15)17-6-5-14(19)11-16(17)20;/h5-6,11,13,15H,4,7-10,12H2,1-3H3,(H2,21,22,23);1H. The van der Waals surface area contributed by atoms with E-state index >= 15 is 0 Å². The molecule has 0 saturated carbocycles. The summed E-state index contributed by atoms with van der Waals surface area (Å²) in [6.07, 6.45) is 2.01. The second-order valence-corrected chi connectivity index (χ2v) is 6.44. The predicted octanol–water partition coefficient (Wildman–Crippen LogP) is 3.14. The van der Waals surface area contributed by atoms with Crippen molar-refractivity contribution in [3.05, 3.63) is 29.8 Å². The van der Waals surface area contributed by atoms with Crippen LogP contribution >= 0.6 is 24.0 Å². The Morgan fingerprint density at radius 2 is 2.15 bits per heavy atom. The van der Waals surface area contributed by atoms with Crippen molar-refractivity contribution in [2.75, 3.05) is 38.2 Å². The van der Waals surface area contributed by atoms with E-state index in [2.05, 4.69) is 15.6 Å². The Labute approximate surface area is 171 Å². The highest BCUT2D eigenvalue weighted by molar-refractivity contribution is 14.0. The predicted molar refractivity (Wildman–Crippen MR) is 113 cm³/mol. The molecule has 26 heavy (non-hydrogen) atoms. The molecule has 1 aliphatic heterocycles. The van der Waals surface area contributed by atoms with Crippen molar-refractivity contribution in [2.45, 2.75) is 38.8 Å². The zero-order valence-corrected chi connectivity index (χ0v) is 17.9. The van der Waals surface area contributed by atoms with Crippen LogP contribution in [0.15, 0.2) is 23.2 Å². The molecule has 1 saturated heterocycles. The van der Waals surface area contributed by atoms with E-state index in [9.17, 15) is 8.78 Å². The third kappa shape index (κ3) is 7.22. The Balaban J connectivity index is 0.00000338. The van der Waals surface area contributed by atoms with Gasteiger partial charge in [0, 0.05) is 45.4 Å². The van der Waals surface area contributed by atoms with E-state index in [1.807, 2.05) is 18.7 Å². The fourth-order valence-electron chi connectivity index (χ4n) is 2.82. The van der Waals surface area contributed by atoms with E-state index in [0.29, 0.717) is 18.8 Å². The number of hydrogen-bond acceptors (Lipinski definition) is 3. The quantitative estimate of drug-likeness (QED) is 0.272. The number of halogens is 3. The van der Waals surface area contributed by atoms with Gasteiger partial charge in [-0.25, -0.2) is 8.78 Å². The van der Waals surface area contributed by atoms with E-state index in [4.69, 9.17) is 4.74 Å². The van der Waals surface area contributed by atoms with E-state index in [0.717, 1.165) is 38.0 Å². The minimum absolute atomic E-state index is 0. The molecule has 1 fully saturated rings. The van der Waals surface area contributed by atoms with Crippen molar-refractivity contribution < 1.29 is 13.5 Å². The van der Waals surface area contributed by atoms with E-state index < -0.39 is 11.6 Å². The van der Waals surface area contributed by atoms with Crippen LogP contribution in [-0.2, 0) is 4.74 Å². The lowest BCUT2D eigenvalue weighted by Crippen LogP contribution is -2.45. The van der Waals surface area contributed by atoms with Crippen LogP contribution in [0.25, 0.3) is 0 Å². The average Bonchev–Trinajstić information content (AvgIpc) is 3.01. The van der Waals surface area contributed by atoms with Crippen LogP contribution < -0.4 is 15.5 Å². The summed E-state index contributed by atoms with van der Waals surface area (Å²) in [6.45, 7) is 6.89. The Morgan fingerprint density at radius 1 is 1.38 bits per heavy atom. The summed E-state index contributed by atoms with van der Waals surface area (Å²) >= 11 is 0. The monoisotopic (exact) mass is 482 g/mol. The Morgan fingerprint density at radius 3 is 2.81 bits per heavy atom. The first-order valence-electron chi connectivity index (χ1n) is 8.78. The SMILES string of the molecule is CN=C(NCCCOC(C)C)NC1CCN(c2ccc(F)cc2F)C1.I. The fourth-order valence-corrected chi connectivity index (χ4v) is 2.82. The zero-order chi connectivity index (χ0) is 18.2. The second-order valence-electron chi connectivity index (χ2n) is 6.44. The van der Waals surface area contributed by atoms with Crippen LogP contribution in [0.1, 0.15) is 26.7 Å². The molecule has 1 unspecified atom stereocenters. The lowest BCUT2D eigenvalue weighted by Gasteiger charge is -2.21. The van der Waals surface area contributed by atoms with Crippen LogP contribution in [0, 0.1) is 11.6 Å². The highest BCUT2D eigenvalue weighted by atomic mass is 127. The minimum Gasteiger partial charge on any atom is -0.379 e. The summed E-state index contributed by atoms with van der Waals surface area (Å²) in [7, 11) is 1.73. The fraction of sp³-hybridized carbons (Fsp3) is 0.611. The summed E-state index contributed by atoms with van der Waals surface area (Å²) in [6, 6.07) is 3.88. The highest BCUT2D eigenvalue weighted by Crippen LogP contribution is 2.24. The van der Waals surface area contributed by atoms with Crippen molar-refractivity contribution >= 4 is 35.6 Å². The third-order valence-corrected chi connectivity index (χ3v) is 4.07. The lowest BCUT2D eigenvalue weighted by atomic mass is 10.2. The maximum atomic E-state index is 13.9. The summed E-state index contributed by atoms with van der Waals surface area (Å²) < 4.78 is 32.5. The molecule has 0 amide bonds. The molecule has 1 atom stereocenters. The molecule has 1 aromatic carbocycles. The smallest absolute Gasteiger partial charge is 0.191 e. The van der Waals surface area contributed by atoms with E-state index in [-0.39, 0.29) is 36.1 Å². The summed E-state index contributed by atoms with van der Waals surface area (Å²) in [5.41, 5.74) is 0.444. The van der Waals surface area contributed by atoms with Crippen LogP contribution in [0.3, 0.4) is 0 Å². The maximum absolute atomic E-state index is 13.9. The van der Waals surface area contributed by atoms with Crippen LogP contribution in [0.5, 0.6) is 0 Å². The molecule has 2 rings (SSSR count). The Kier molecular flexibility index (Phi) is 10.1. The van der Waals surface area contributed by atoms with E-state index in [1.165, 1.54) is 12.1 Å². The van der Waals surface area contributed by atoms with Gasteiger partial charge >= 0.3 is 0 Å². The number of benzene rings is 1. The van der Waals surface area contributed by atoms with Gasteiger partial charge in [-0.2, -0.15) is 0 Å². The van der Waals surface area contributed by atoms with Gasteiger partial charge in [0.2, 0.25) is 0 Å². The number of aliphatic imine (C=N–C) groups is 1. The van der Waals surface area contributed by atoms with Gasteiger partial charge in [-0.05, 0) is 38.8 Å². The molecule has 0 aromatic heterocycles. The molecule has 1 aliphatic rings. The zero-order valence-electron chi connectivity index (χ0n) is 15.6. The Bertz CT molecular complexity index is 586. The normalized spacial score (nSPS) is 17.4. The molecule has 0 bridgehead atoms. The lowest BCUT2D eigenvalue weighted by molar-refractivity contribution is 0.0776. The number of rotatable bonds is 7. The van der Waals surface area contributed by atoms with Gasteiger partial charge in [-0.15, -0.1) is 24.0 Å². The van der Waals surface area contributed by atoms with Crippen molar-refractivity contribution in [1.29, 1.82) is 0 Å². The van der Waals surface area contributed by atoms with Crippen LogP contribution in [0.4, 0.5) is 14.5 Å². The molecule has 148 valence electrons. The molecule has 0 spiro atoms. The van der Waals surface area contributed by atoms with E-state index in [1.54, 1.807) is 7.05 Å². The largest absolute Gasteiger partial charge is 0.379 e. The molecule has 0 aliphatic carbocycles. The highest BCUT2D eigenvalue weighted by Gasteiger charge is 2.25. The summed E-state index contributed by atoms with van der Waals surface area (Å²) in [4.78, 5) is 6.15. The van der Waals surface area contributed by atoms with Crippen LogP contribution in [0.2, 0.25) is 0 Å². The number of hydrogen-bond donors (Lipinski definition) is 2. The van der Waals surface area contributed by atoms with Gasteiger partial charge in [0.15, 0.2) is 5.96 Å². The number of guanidine groups is 1. The first-order chi connectivity index (χ1) is 12.0. The minimum atomic E-state index is -0.554. The topological polar surface area (TPSA) is 48.9 Å². The van der Waals surface area contributed by atoms with Crippen molar-refractivity contribution in [1.82, 2.24) is 10.6 Å². The van der Waals surface area contributed by atoms with Crippen molar-refractivity contribution in [2.24, 2.45) is 4.99 Å². The third-order valence-electron chi connectivity index (χ3n) is 4.07. The molecule has 8 heteroatoms. The molecular formula is C18H29F2IN4O. The van der Waals surface area contributed by atoms with Gasteiger partial charge in [-0.1, -0.05) is 0 Å². The molecule has 1 heterocycles. The Hall–Kier alpha value is -1.16. The number of nitrogens with zero attached hydrogens (tertiary/aromatic N) is 2. The number of nitrogens with one attached hydrogen (secondary N) is 2. The first-order valence-corrected chi connectivity index (χ1v) is 8.78. The van der Waals surface area contributed by atoms with Gasteiger partial charge in [-0.3, -0.25) is 4.99 Å². The summed E-state index contributed by atoms with van der Waals surface area (Å²) in [5.74, 6) is -0.342. The first kappa shape index (κ1) is 22.9. The number of ether oxygens (including phenoxy) is 1. The second kappa shape index (κ2) is 11.5. The number of anilines is 1. The maximum Gasteiger partial charge on any atom is 0.191 e. The van der Waals surface area contributed by atoms with Crippen molar-refractivity contribution in [3.8, 4) is 0 Å². The molecule has 1 aromatic rings. The van der Waals surface area contributed by atoms with Gasteiger partial charge in [0.05, 0.1) is 11.8 Å². The summed E-state index contributed by atoms with van der Waals surface area (Å²) in [5, 5.41) is 6.62. The average molecular weight is 482 g/mol. The molecular weight excluding hydrogens is 453 g/mol. The molecule has 0 radical (unpaired) electrons. The van der Waals surface area contributed by atoms with Gasteiger partial charge in [0.1, 0.15) is 11.6 Å². The van der Waals surface area contributed by atoms with Gasteiger partial charge < -0.3 is 20.3 Å². The molecule has 2 N–H and O–H groups in total. The molecule has 5 nitrogen and oxygen atoms in total.